The number of rotatable bonds is 4. The number of nitrogens with one attached hydrogen (secondary N) is 1. The topological polar surface area (TPSA) is 51.1 Å². The molecule has 134 valence electrons. The zero-order chi connectivity index (χ0) is 18.9. The SMILES string of the molecule is Cc1ccc(NC(=O)Cn2cc(C(=O)C(C)(C)C)c3ccccc32)cc1. The summed E-state index contributed by atoms with van der Waals surface area (Å²) in [5, 5.41) is 3.79. The van der Waals surface area contributed by atoms with Gasteiger partial charge in [0.15, 0.2) is 5.78 Å². The maximum absolute atomic E-state index is 12.8. The number of aryl methyl sites for hydroxylation is 1. The molecule has 0 radical (unpaired) electrons. The number of benzene rings is 2. The Balaban J connectivity index is 1.89. The first-order valence-electron chi connectivity index (χ1n) is 8.75. The molecule has 1 aromatic heterocycles. The van der Waals surface area contributed by atoms with Gasteiger partial charge in [-0.15, -0.1) is 0 Å². The van der Waals surface area contributed by atoms with Crippen molar-refractivity contribution < 1.29 is 9.59 Å². The van der Waals surface area contributed by atoms with Gasteiger partial charge >= 0.3 is 0 Å². The van der Waals surface area contributed by atoms with Gasteiger partial charge < -0.3 is 9.88 Å². The van der Waals surface area contributed by atoms with Crippen LogP contribution in [-0.4, -0.2) is 16.3 Å². The van der Waals surface area contributed by atoms with Crippen molar-refractivity contribution >= 4 is 28.3 Å². The summed E-state index contributed by atoms with van der Waals surface area (Å²) in [5.41, 5.74) is 2.99. The van der Waals surface area contributed by atoms with Crippen molar-refractivity contribution in [2.75, 3.05) is 5.32 Å². The van der Waals surface area contributed by atoms with Gasteiger partial charge in [0.1, 0.15) is 6.54 Å². The van der Waals surface area contributed by atoms with Crippen molar-refractivity contribution in [2.24, 2.45) is 5.41 Å². The molecule has 1 amide bonds. The van der Waals surface area contributed by atoms with Crippen LogP contribution in [0.2, 0.25) is 0 Å². The normalized spacial score (nSPS) is 11.5. The molecule has 0 saturated carbocycles. The van der Waals surface area contributed by atoms with Gasteiger partial charge in [0, 0.05) is 33.8 Å². The zero-order valence-corrected chi connectivity index (χ0v) is 15.7. The maximum atomic E-state index is 12.8. The van der Waals surface area contributed by atoms with Gasteiger partial charge in [0.25, 0.3) is 0 Å². The van der Waals surface area contributed by atoms with Crippen molar-refractivity contribution in [1.29, 1.82) is 0 Å². The molecule has 4 heteroatoms. The monoisotopic (exact) mass is 348 g/mol. The summed E-state index contributed by atoms with van der Waals surface area (Å²) in [5.74, 6) is -0.0456. The molecule has 0 aliphatic carbocycles. The Morgan fingerprint density at radius 3 is 2.31 bits per heavy atom. The van der Waals surface area contributed by atoms with Crippen LogP contribution in [0.3, 0.4) is 0 Å². The quantitative estimate of drug-likeness (QED) is 0.687. The number of carbonyl (C=O) groups excluding carboxylic acids is 2. The number of fused-ring (bicyclic) bond motifs is 1. The average Bonchev–Trinajstić information content (AvgIpc) is 2.94. The van der Waals surface area contributed by atoms with Crippen LogP contribution in [0.1, 0.15) is 36.7 Å². The second-order valence-corrected chi connectivity index (χ2v) is 7.68. The van der Waals surface area contributed by atoms with Crippen molar-refractivity contribution in [3.05, 3.63) is 65.9 Å². The van der Waals surface area contributed by atoms with E-state index in [-0.39, 0.29) is 18.2 Å². The third-order valence-electron chi connectivity index (χ3n) is 4.36. The Morgan fingerprint density at radius 1 is 1.00 bits per heavy atom. The van der Waals surface area contributed by atoms with Gasteiger partial charge in [-0.05, 0) is 25.1 Å². The summed E-state index contributed by atoms with van der Waals surface area (Å²) >= 11 is 0. The lowest BCUT2D eigenvalue weighted by Gasteiger charge is -2.15. The van der Waals surface area contributed by atoms with E-state index in [0.717, 1.165) is 22.2 Å². The van der Waals surface area contributed by atoms with Crippen LogP contribution >= 0.6 is 0 Å². The van der Waals surface area contributed by atoms with Crippen LogP contribution in [0, 0.1) is 12.3 Å². The predicted octanol–water partition coefficient (Wildman–Crippen LogP) is 4.82. The molecule has 26 heavy (non-hydrogen) atoms. The molecular weight excluding hydrogens is 324 g/mol. The summed E-state index contributed by atoms with van der Waals surface area (Å²) in [6.07, 6.45) is 1.80. The first-order chi connectivity index (χ1) is 12.3. The van der Waals surface area contributed by atoms with Crippen LogP contribution in [0.25, 0.3) is 10.9 Å². The number of para-hydroxylation sites is 1. The molecule has 2 aromatic carbocycles. The summed E-state index contributed by atoms with van der Waals surface area (Å²) in [7, 11) is 0. The number of ketones is 1. The highest BCUT2D eigenvalue weighted by Crippen LogP contribution is 2.28. The fourth-order valence-electron chi connectivity index (χ4n) is 2.95. The number of amides is 1. The molecule has 0 fully saturated rings. The Morgan fingerprint density at radius 2 is 1.65 bits per heavy atom. The van der Waals surface area contributed by atoms with Crippen LogP contribution in [-0.2, 0) is 11.3 Å². The minimum absolute atomic E-state index is 0.0754. The van der Waals surface area contributed by atoms with Crippen molar-refractivity contribution in [3.8, 4) is 0 Å². The molecule has 0 atom stereocenters. The van der Waals surface area contributed by atoms with Crippen molar-refractivity contribution in [1.82, 2.24) is 4.57 Å². The first kappa shape index (κ1) is 17.9. The Bertz CT molecular complexity index is 960. The number of Topliss-reactive ketones (excluding diaryl/α,β-unsaturated/α-hetero) is 1. The molecule has 3 aromatic rings. The fraction of sp³-hybridized carbons (Fsp3) is 0.273. The van der Waals surface area contributed by atoms with E-state index in [0.29, 0.717) is 5.56 Å². The average molecular weight is 348 g/mol. The van der Waals surface area contributed by atoms with E-state index >= 15 is 0 Å². The zero-order valence-electron chi connectivity index (χ0n) is 15.7. The Kier molecular flexibility index (Phi) is 4.68. The molecule has 0 spiro atoms. The summed E-state index contributed by atoms with van der Waals surface area (Å²) in [6, 6.07) is 15.4. The van der Waals surface area contributed by atoms with Crippen molar-refractivity contribution in [3.63, 3.8) is 0 Å². The second-order valence-electron chi connectivity index (χ2n) is 7.68. The molecule has 3 rings (SSSR count). The highest BCUT2D eigenvalue weighted by Gasteiger charge is 2.26. The molecule has 0 bridgehead atoms. The van der Waals surface area contributed by atoms with Gasteiger partial charge in [0.05, 0.1) is 0 Å². The first-order valence-corrected chi connectivity index (χ1v) is 8.75. The Labute approximate surface area is 153 Å². The summed E-state index contributed by atoms with van der Waals surface area (Å²) in [4.78, 5) is 25.3. The van der Waals surface area contributed by atoms with Crippen LogP contribution in [0.5, 0.6) is 0 Å². The van der Waals surface area contributed by atoms with Gasteiger partial charge in [-0.2, -0.15) is 0 Å². The number of anilines is 1. The van der Waals surface area contributed by atoms with Crippen LogP contribution in [0.15, 0.2) is 54.7 Å². The lowest BCUT2D eigenvalue weighted by molar-refractivity contribution is -0.116. The van der Waals surface area contributed by atoms with Crippen LogP contribution < -0.4 is 5.32 Å². The lowest BCUT2D eigenvalue weighted by Crippen LogP contribution is -2.20. The third-order valence-corrected chi connectivity index (χ3v) is 4.36. The van der Waals surface area contributed by atoms with E-state index in [2.05, 4.69) is 5.32 Å². The molecule has 4 nitrogen and oxygen atoms in total. The number of hydrogen-bond donors (Lipinski definition) is 1. The van der Waals surface area contributed by atoms with E-state index in [1.165, 1.54) is 0 Å². The standard InChI is InChI=1S/C22H24N2O2/c1-15-9-11-16(12-10-15)23-20(25)14-24-13-18(21(26)22(2,3)4)17-7-5-6-8-19(17)24/h5-13H,14H2,1-4H3,(H,23,25). The highest BCUT2D eigenvalue weighted by molar-refractivity contribution is 6.10. The lowest BCUT2D eigenvalue weighted by atomic mass is 9.86. The molecule has 0 saturated heterocycles. The minimum Gasteiger partial charge on any atom is -0.337 e. The second kappa shape index (κ2) is 6.79. The maximum Gasteiger partial charge on any atom is 0.244 e. The van der Waals surface area contributed by atoms with Gasteiger partial charge in [-0.25, -0.2) is 0 Å². The summed E-state index contributed by atoms with van der Waals surface area (Å²) in [6.45, 7) is 7.89. The number of nitrogens with zero attached hydrogens (tertiary/aromatic N) is 1. The number of hydrogen-bond acceptors (Lipinski definition) is 2. The molecule has 0 aliphatic rings. The molecule has 1 N–H and O–H groups in total. The molecule has 1 heterocycles. The van der Waals surface area contributed by atoms with Crippen molar-refractivity contribution in [2.45, 2.75) is 34.2 Å². The number of aromatic nitrogens is 1. The largest absolute Gasteiger partial charge is 0.337 e. The molecule has 0 aliphatic heterocycles. The number of carbonyl (C=O) groups is 2. The van der Waals surface area contributed by atoms with Gasteiger partial charge in [-0.1, -0.05) is 56.7 Å². The van der Waals surface area contributed by atoms with E-state index < -0.39 is 5.41 Å². The molecule has 0 unspecified atom stereocenters. The highest BCUT2D eigenvalue weighted by atomic mass is 16.2. The van der Waals surface area contributed by atoms with E-state index in [4.69, 9.17) is 0 Å². The Hall–Kier alpha value is -2.88. The molecular formula is C22H24N2O2. The fourth-order valence-corrected chi connectivity index (χ4v) is 2.95. The minimum atomic E-state index is -0.473. The van der Waals surface area contributed by atoms with Gasteiger partial charge in [-0.3, -0.25) is 9.59 Å². The third kappa shape index (κ3) is 3.69. The summed E-state index contributed by atoms with van der Waals surface area (Å²) < 4.78 is 1.85. The van der Waals surface area contributed by atoms with E-state index in [1.54, 1.807) is 6.20 Å². The smallest absolute Gasteiger partial charge is 0.244 e. The van der Waals surface area contributed by atoms with Crippen LogP contribution in [0.4, 0.5) is 5.69 Å². The van der Waals surface area contributed by atoms with Gasteiger partial charge in [0.2, 0.25) is 5.91 Å². The predicted molar refractivity (Wildman–Crippen MR) is 106 cm³/mol. The van der Waals surface area contributed by atoms with E-state index in [9.17, 15) is 9.59 Å². The van der Waals surface area contributed by atoms with E-state index in [1.807, 2.05) is 80.8 Å².